The smallest absolute Gasteiger partial charge is 0.273 e. The topological polar surface area (TPSA) is 59.8 Å². The van der Waals surface area contributed by atoms with Crippen LogP contribution in [0.15, 0.2) is 54.6 Å². The fourth-order valence-corrected chi connectivity index (χ4v) is 3.39. The minimum Gasteiger partial charge on any atom is -0.350 e. The first-order valence-corrected chi connectivity index (χ1v) is 9.76. The maximum absolute atomic E-state index is 12.3. The van der Waals surface area contributed by atoms with E-state index in [-0.39, 0.29) is 5.91 Å². The molecular weight excluding hydrogens is 368 g/mol. The molecule has 0 bridgehead atoms. The summed E-state index contributed by atoms with van der Waals surface area (Å²) in [7, 11) is 0. The molecule has 26 heavy (non-hydrogen) atoms. The molecule has 0 saturated carbocycles. The minimum atomic E-state index is -0.212. The second-order valence-corrected chi connectivity index (χ2v) is 7.24. The van der Waals surface area contributed by atoms with Gasteiger partial charge >= 0.3 is 0 Å². The Morgan fingerprint density at radius 3 is 2.73 bits per heavy atom. The number of carbonyl (C=O) groups excluding carboxylic acids is 1. The van der Waals surface area contributed by atoms with Gasteiger partial charge in [-0.1, -0.05) is 48.0 Å². The first-order chi connectivity index (χ1) is 12.6. The number of nitrogens with one attached hydrogen (secondary N) is 1. The molecule has 0 fully saturated rings. The van der Waals surface area contributed by atoms with Crippen molar-refractivity contribution in [3.63, 3.8) is 0 Å². The van der Waals surface area contributed by atoms with Crippen LogP contribution in [0, 0.1) is 6.92 Å². The zero-order valence-electron chi connectivity index (χ0n) is 14.4. The second-order valence-electron chi connectivity index (χ2n) is 5.70. The molecule has 2 aromatic carbocycles. The Labute approximate surface area is 161 Å². The van der Waals surface area contributed by atoms with Gasteiger partial charge in [0, 0.05) is 23.1 Å². The van der Waals surface area contributed by atoms with Gasteiger partial charge in [0.2, 0.25) is 0 Å². The van der Waals surface area contributed by atoms with E-state index in [0.717, 1.165) is 17.2 Å². The Bertz CT molecular complexity index is 882. The average molecular weight is 387 g/mol. The number of halogens is 1. The molecule has 0 aliphatic rings. The van der Waals surface area contributed by atoms with Crippen LogP contribution < -0.4 is 5.32 Å². The molecule has 0 saturated heterocycles. The largest absolute Gasteiger partial charge is 0.350 e. The van der Waals surface area contributed by atoms with Gasteiger partial charge in [-0.2, -0.15) is 21.7 Å². The predicted molar refractivity (Wildman–Crippen MR) is 106 cm³/mol. The molecule has 7 heteroatoms. The monoisotopic (exact) mass is 386 g/mol. The molecule has 1 amide bonds. The Morgan fingerprint density at radius 1 is 1.15 bits per heavy atom. The highest BCUT2D eigenvalue weighted by Crippen LogP contribution is 2.14. The summed E-state index contributed by atoms with van der Waals surface area (Å²) < 4.78 is 0. The summed E-state index contributed by atoms with van der Waals surface area (Å²) in [5, 5.41) is 12.1. The van der Waals surface area contributed by atoms with Crippen LogP contribution in [0.25, 0.3) is 5.69 Å². The summed E-state index contributed by atoms with van der Waals surface area (Å²) in [6.07, 6.45) is 0. The second kappa shape index (κ2) is 8.87. The number of aryl methyl sites for hydroxylation is 1. The third-order valence-corrected chi connectivity index (χ3v) is 4.95. The summed E-state index contributed by atoms with van der Waals surface area (Å²) in [5.41, 5.74) is 2.92. The van der Waals surface area contributed by atoms with Gasteiger partial charge in [0.05, 0.1) is 11.4 Å². The van der Waals surface area contributed by atoms with Crippen LogP contribution in [-0.4, -0.2) is 33.2 Å². The summed E-state index contributed by atoms with van der Waals surface area (Å²) in [6.45, 7) is 2.35. The van der Waals surface area contributed by atoms with Crippen LogP contribution in [0.4, 0.5) is 0 Å². The molecule has 1 heterocycles. The Kier molecular flexibility index (Phi) is 6.30. The Hall–Kier alpha value is -2.31. The number of aromatic nitrogens is 3. The molecule has 0 radical (unpaired) electrons. The van der Waals surface area contributed by atoms with E-state index in [1.807, 2.05) is 30.3 Å². The van der Waals surface area contributed by atoms with Crippen LogP contribution in [0.5, 0.6) is 0 Å². The Morgan fingerprint density at radius 2 is 1.96 bits per heavy atom. The molecule has 0 spiro atoms. The number of nitrogens with zero attached hydrogens (tertiary/aromatic N) is 3. The average Bonchev–Trinajstić information content (AvgIpc) is 3.04. The lowest BCUT2D eigenvalue weighted by Crippen LogP contribution is -2.26. The molecule has 5 nitrogen and oxygen atoms in total. The van der Waals surface area contributed by atoms with Gasteiger partial charge in [-0.05, 0) is 30.7 Å². The third-order valence-electron chi connectivity index (χ3n) is 3.68. The van der Waals surface area contributed by atoms with Crippen molar-refractivity contribution in [2.24, 2.45) is 0 Å². The zero-order valence-corrected chi connectivity index (χ0v) is 15.9. The molecule has 134 valence electrons. The fraction of sp³-hybridized carbons (Fsp3) is 0.211. The fourth-order valence-electron chi connectivity index (χ4n) is 2.39. The molecule has 0 aliphatic carbocycles. The molecule has 0 unspecified atom stereocenters. The summed E-state index contributed by atoms with van der Waals surface area (Å²) in [6, 6.07) is 17.5. The molecular formula is C19H19ClN4OS. The van der Waals surface area contributed by atoms with Crippen LogP contribution in [0.1, 0.15) is 21.7 Å². The third kappa shape index (κ3) is 4.86. The van der Waals surface area contributed by atoms with Crippen molar-refractivity contribution in [1.82, 2.24) is 20.3 Å². The van der Waals surface area contributed by atoms with Crippen LogP contribution in [-0.2, 0) is 5.75 Å². The van der Waals surface area contributed by atoms with Gasteiger partial charge < -0.3 is 5.32 Å². The number of amides is 1. The van der Waals surface area contributed by atoms with Crippen molar-refractivity contribution in [2.75, 3.05) is 12.3 Å². The molecule has 0 aliphatic heterocycles. The summed E-state index contributed by atoms with van der Waals surface area (Å²) >= 11 is 7.78. The van der Waals surface area contributed by atoms with E-state index in [2.05, 4.69) is 27.6 Å². The van der Waals surface area contributed by atoms with Crippen LogP contribution in [0.3, 0.4) is 0 Å². The molecule has 1 N–H and O–H groups in total. The number of benzene rings is 2. The first-order valence-electron chi connectivity index (χ1n) is 8.23. The van der Waals surface area contributed by atoms with E-state index in [1.165, 1.54) is 10.4 Å². The van der Waals surface area contributed by atoms with E-state index < -0.39 is 0 Å². The molecule has 3 aromatic rings. The minimum absolute atomic E-state index is 0.212. The van der Waals surface area contributed by atoms with Crippen LogP contribution >= 0.6 is 23.4 Å². The van der Waals surface area contributed by atoms with Crippen molar-refractivity contribution in [3.8, 4) is 5.69 Å². The van der Waals surface area contributed by atoms with Gasteiger partial charge in [-0.15, -0.1) is 5.10 Å². The number of hydrogen-bond donors (Lipinski definition) is 1. The molecule has 3 rings (SSSR count). The normalized spacial score (nSPS) is 10.7. The van der Waals surface area contributed by atoms with Crippen molar-refractivity contribution in [3.05, 3.63) is 76.6 Å². The zero-order chi connectivity index (χ0) is 18.4. The number of thioether (sulfide) groups is 1. The van der Waals surface area contributed by atoms with Crippen molar-refractivity contribution < 1.29 is 4.79 Å². The van der Waals surface area contributed by atoms with Gasteiger partial charge in [-0.3, -0.25) is 4.79 Å². The molecule has 1 aromatic heterocycles. The van der Waals surface area contributed by atoms with Crippen molar-refractivity contribution in [1.29, 1.82) is 0 Å². The van der Waals surface area contributed by atoms with Gasteiger partial charge in [-0.25, -0.2) is 0 Å². The van der Waals surface area contributed by atoms with Gasteiger partial charge in [0.1, 0.15) is 0 Å². The van der Waals surface area contributed by atoms with Gasteiger partial charge in [0.25, 0.3) is 5.91 Å². The molecule has 0 atom stereocenters. The number of hydrogen-bond acceptors (Lipinski definition) is 4. The highest BCUT2D eigenvalue weighted by atomic mass is 35.5. The standard InChI is InChI=1S/C19H19ClN4OS/c1-14-18(23-24(22-14)17-9-5-8-16(20)12-17)19(25)21-10-11-26-13-15-6-3-2-4-7-15/h2-9,12H,10-11,13H2,1H3,(H,21,25). The van der Waals surface area contributed by atoms with Crippen LogP contribution in [0.2, 0.25) is 5.02 Å². The van der Waals surface area contributed by atoms with E-state index in [9.17, 15) is 4.79 Å². The predicted octanol–water partition coefficient (Wildman–Crippen LogP) is 3.89. The van der Waals surface area contributed by atoms with Crippen molar-refractivity contribution in [2.45, 2.75) is 12.7 Å². The lowest BCUT2D eigenvalue weighted by Gasteiger charge is -2.04. The SMILES string of the molecule is Cc1nn(-c2cccc(Cl)c2)nc1C(=O)NCCSCc1ccccc1. The highest BCUT2D eigenvalue weighted by Gasteiger charge is 2.16. The van der Waals surface area contributed by atoms with Crippen molar-refractivity contribution >= 4 is 29.3 Å². The lowest BCUT2D eigenvalue weighted by atomic mass is 10.2. The van der Waals surface area contributed by atoms with E-state index in [4.69, 9.17) is 11.6 Å². The highest BCUT2D eigenvalue weighted by molar-refractivity contribution is 7.98. The Balaban J connectivity index is 1.52. The van der Waals surface area contributed by atoms with E-state index in [1.54, 1.807) is 30.8 Å². The maximum atomic E-state index is 12.3. The first kappa shape index (κ1) is 18.5. The van der Waals surface area contributed by atoms with Gasteiger partial charge in [0.15, 0.2) is 5.69 Å². The van der Waals surface area contributed by atoms with E-state index in [0.29, 0.717) is 23.0 Å². The quantitative estimate of drug-likeness (QED) is 0.626. The van der Waals surface area contributed by atoms with E-state index >= 15 is 0 Å². The lowest BCUT2D eigenvalue weighted by molar-refractivity contribution is 0.0950. The summed E-state index contributed by atoms with van der Waals surface area (Å²) in [5.74, 6) is 1.55. The maximum Gasteiger partial charge on any atom is 0.273 e. The number of rotatable bonds is 7. The number of carbonyl (C=O) groups is 1. The summed E-state index contributed by atoms with van der Waals surface area (Å²) in [4.78, 5) is 13.8.